The van der Waals surface area contributed by atoms with Gasteiger partial charge in [-0.05, 0) is 12.1 Å². The first-order chi connectivity index (χ1) is 6.93. The number of anilines is 2. The summed E-state index contributed by atoms with van der Waals surface area (Å²) in [7, 11) is 0. The van der Waals surface area contributed by atoms with Crippen molar-refractivity contribution in [2.45, 2.75) is 6.61 Å². The van der Waals surface area contributed by atoms with Crippen molar-refractivity contribution in [1.82, 2.24) is 0 Å². The number of carbonyl (C=O) groups is 1. The molecule has 0 aliphatic rings. The third kappa shape index (κ3) is 2.25. The topological polar surface area (TPSA) is 98.6 Å². The number of carboxylic acid groups (broad SMARTS) is 1. The van der Waals surface area contributed by atoms with Gasteiger partial charge in [0.05, 0.1) is 16.9 Å². The molecule has 0 heterocycles. The van der Waals surface area contributed by atoms with Gasteiger partial charge in [-0.15, -0.1) is 0 Å². The molecule has 0 fully saturated rings. The van der Waals surface area contributed by atoms with Crippen molar-refractivity contribution in [2.75, 3.05) is 11.5 Å². The number of rotatable bonds is 3. The molecule has 7 heteroatoms. The predicted molar refractivity (Wildman–Crippen MR) is 48.9 cm³/mol. The van der Waals surface area contributed by atoms with Crippen molar-refractivity contribution in [3.63, 3.8) is 0 Å². The van der Waals surface area contributed by atoms with E-state index in [4.69, 9.17) is 16.6 Å². The molecule has 0 radical (unpaired) electrons. The second-order valence-electron chi connectivity index (χ2n) is 2.62. The van der Waals surface area contributed by atoms with Crippen LogP contribution in [0.4, 0.5) is 20.2 Å². The van der Waals surface area contributed by atoms with Crippen LogP contribution >= 0.6 is 0 Å². The summed E-state index contributed by atoms with van der Waals surface area (Å²) in [6.07, 6.45) is 0. The van der Waals surface area contributed by atoms with Crippen LogP contribution in [0.3, 0.4) is 0 Å². The van der Waals surface area contributed by atoms with Crippen molar-refractivity contribution in [3.8, 4) is 5.75 Å². The number of ether oxygens (including phenoxy) is 1. The Kier molecular flexibility index (Phi) is 2.93. The number of aromatic carboxylic acids is 1. The van der Waals surface area contributed by atoms with Crippen LogP contribution < -0.4 is 16.2 Å². The Morgan fingerprint density at radius 2 is 1.93 bits per heavy atom. The molecule has 0 spiro atoms. The van der Waals surface area contributed by atoms with Gasteiger partial charge in [-0.3, -0.25) is 0 Å². The lowest BCUT2D eigenvalue weighted by atomic mass is 10.1. The number of carboxylic acids is 1. The number of hydrogen-bond acceptors (Lipinski definition) is 4. The van der Waals surface area contributed by atoms with E-state index < -0.39 is 12.6 Å². The van der Waals surface area contributed by atoms with Gasteiger partial charge in [0.15, 0.2) is 5.75 Å². The molecular formula is C8H8F2N2O3. The Balaban J connectivity index is 3.15. The van der Waals surface area contributed by atoms with Gasteiger partial charge in [0.2, 0.25) is 0 Å². The van der Waals surface area contributed by atoms with Crippen LogP contribution in [0.25, 0.3) is 0 Å². The molecule has 15 heavy (non-hydrogen) atoms. The number of halogens is 2. The van der Waals surface area contributed by atoms with E-state index in [0.29, 0.717) is 0 Å². The molecule has 1 aromatic rings. The molecular weight excluding hydrogens is 210 g/mol. The van der Waals surface area contributed by atoms with Crippen LogP contribution in [-0.2, 0) is 0 Å². The van der Waals surface area contributed by atoms with Gasteiger partial charge >= 0.3 is 12.6 Å². The van der Waals surface area contributed by atoms with Gasteiger partial charge in [-0.25, -0.2) is 4.79 Å². The first-order valence-electron chi connectivity index (χ1n) is 3.79. The highest BCUT2D eigenvalue weighted by Crippen LogP contribution is 2.31. The van der Waals surface area contributed by atoms with Gasteiger partial charge < -0.3 is 21.3 Å². The highest BCUT2D eigenvalue weighted by atomic mass is 19.3. The minimum Gasteiger partial charge on any atom is -0.478 e. The molecule has 1 aromatic carbocycles. The van der Waals surface area contributed by atoms with Crippen LogP contribution in [0.15, 0.2) is 12.1 Å². The molecule has 0 unspecified atom stereocenters. The Bertz CT molecular complexity index is 396. The van der Waals surface area contributed by atoms with Crippen LogP contribution in [-0.4, -0.2) is 17.7 Å². The lowest BCUT2D eigenvalue weighted by molar-refractivity contribution is -0.0492. The lowest BCUT2D eigenvalue weighted by Crippen LogP contribution is -2.09. The molecule has 5 N–H and O–H groups in total. The SMILES string of the molecule is Nc1c(OC(F)F)ccc(C(=O)O)c1N. The summed E-state index contributed by atoms with van der Waals surface area (Å²) in [4.78, 5) is 10.6. The van der Waals surface area contributed by atoms with E-state index >= 15 is 0 Å². The molecule has 1 rings (SSSR count). The number of hydrogen-bond donors (Lipinski definition) is 3. The summed E-state index contributed by atoms with van der Waals surface area (Å²) in [6.45, 7) is -3.04. The average Bonchev–Trinajstić information content (AvgIpc) is 2.12. The maximum Gasteiger partial charge on any atom is 0.387 e. The molecule has 0 saturated carbocycles. The first kappa shape index (κ1) is 11.0. The van der Waals surface area contributed by atoms with Gasteiger partial charge in [0.1, 0.15) is 0 Å². The fourth-order valence-electron chi connectivity index (χ4n) is 1.00. The van der Waals surface area contributed by atoms with Gasteiger partial charge in [-0.1, -0.05) is 0 Å². The fraction of sp³-hybridized carbons (Fsp3) is 0.125. The molecule has 0 aromatic heterocycles. The third-order valence-corrected chi connectivity index (χ3v) is 1.69. The molecule has 0 aliphatic heterocycles. The lowest BCUT2D eigenvalue weighted by Gasteiger charge is -2.10. The Hall–Kier alpha value is -2.05. The Morgan fingerprint density at radius 1 is 1.33 bits per heavy atom. The van der Waals surface area contributed by atoms with E-state index in [1.165, 1.54) is 0 Å². The second-order valence-corrected chi connectivity index (χ2v) is 2.62. The van der Waals surface area contributed by atoms with E-state index in [-0.39, 0.29) is 22.7 Å². The van der Waals surface area contributed by atoms with E-state index in [2.05, 4.69) is 4.74 Å². The molecule has 5 nitrogen and oxygen atoms in total. The maximum absolute atomic E-state index is 11.9. The van der Waals surface area contributed by atoms with Crippen molar-refractivity contribution in [1.29, 1.82) is 0 Å². The van der Waals surface area contributed by atoms with Gasteiger partial charge in [-0.2, -0.15) is 8.78 Å². The van der Waals surface area contributed by atoms with Crippen molar-refractivity contribution in [2.24, 2.45) is 0 Å². The largest absolute Gasteiger partial charge is 0.478 e. The maximum atomic E-state index is 11.9. The molecule has 82 valence electrons. The van der Waals surface area contributed by atoms with Crippen LogP contribution in [0.5, 0.6) is 5.75 Å². The Labute approximate surface area is 83.2 Å². The quantitative estimate of drug-likeness (QED) is 0.661. The van der Waals surface area contributed by atoms with Gasteiger partial charge in [0.25, 0.3) is 0 Å². The summed E-state index contributed by atoms with van der Waals surface area (Å²) in [5.74, 6) is -1.63. The monoisotopic (exact) mass is 218 g/mol. The third-order valence-electron chi connectivity index (χ3n) is 1.69. The van der Waals surface area contributed by atoms with Crippen LogP contribution in [0.1, 0.15) is 10.4 Å². The highest BCUT2D eigenvalue weighted by molar-refractivity contribution is 5.97. The first-order valence-corrected chi connectivity index (χ1v) is 3.79. The van der Waals surface area contributed by atoms with Crippen molar-refractivity contribution < 1.29 is 23.4 Å². The summed E-state index contributed by atoms with van der Waals surface area (Å²) in [5.41, 5.74) is 9.80. The van der Waals surface area contributed by atoms with E-state index in [1.807, 2.05) is 0 Å². The average molecular weight is 218 g/mol. The predicted octanol–water partition coefficient (Wildman–Crippen LogP) is 1.15. The number of benzene rings is 1. The minimum atomic E-state index is -3.04. The zero-order valence-electron chi connectivity index (χ0n) is 7.41. The number of nitrogen functional groups attached to an aromatic ring is 2. The summed E-state index contributed by atoms with van der Waals surface area (Å²) in [5, 5.41) is 8.64. The summed E-state index contributed by atoms with van der Waals surface area (Å²) >= 11 is 0. The van der Waals surface area contributed by atoms with Crippen molar-refractivity contribution >= 4 is 17.3 Å². The van der Waals surface area contributed by atoms with E-state index in [0.717, 1.165) is 12.1 Å². The zero-order chi connectivity index (χ0) is 11.6. The highest BCUT2D eigenvalue weighted by Gasteiger charge is 2.16. The molecule has 0 atom stereocenters. The van der Waals surface area contributed by atoms with E-state index in [1.54, 1.807) is 0 Å². The molecule has 0 bridgehead atoms. The smallest absolute Gasteiger partial charge is 0.387 e. The fourth-order valence-corrected chi connectivity index (χ4v) is 1.00. The van der Waals surface area contributed by atoms with Crippen molar-refractivity contribution in [3.05, 3.63) is 17.7 Å². The van der Waals surface area contributed by atoms with E-state index in [9.17, 15) is 13.6 Å². The molecule has 0 amide bonds. The molecule has 0 aliphatic carbocycles. The summed E-state index contributed by atoms with van der Waals surface area (Å²) in [6, 6.07) is 2.08. The minimum absolute atomic E-state index is 0.255. The molecule has 0 saturated heterocycles. The number of alkyl halides is 2. The Morgan fingerprint density at radius 3 is 2.40 bits per heavy atom. The van der Waals surface area contributed by atoms with Gasteiger partial charge in [0, 0.05) is 0 Å². The van der Waals surface area contributed by atoms with Crippen LogP contribution in [0.2, 0.25) is 0 Å². The summed E-state index contributed by atoms with van der Waals surface area (Å²) < 4.78 is 27.7. The number of nitrogens with two attached hydrogens (primary N) is 2. The standard InChI is InChI=1S/C8H8F2N2O3/c9-8(10)15-4-2-1-3(7(13)14)5(11)6(4)12/h1-2,8H,11-12H2,(H,13,14). The van der Waals surface area contributed by atoms with Crippen LogP contribution in [0, 0.1) is 0 Å². The second kappa shape index (κ2) is 3.99. The zero-order valence-corrected chi connectivity index (χ0v) is 7.41. The normalized spacial score (nSPS) is 10.3.